The summed E-state index contributed by atoms with van der Waals surface area (Å²) in [5.41, 5.74) is 0. The molecular formula is C9H15IN2O3S. The van der Waals surface area contributed by atoms with Gasteiger partial charge >= 0.3 is 0 Å². The van der Waals surface area contributed by atoms with Crippen molar-refractivity contribution in [1.29, 1.82) is 0 Å². The quantitative estimate of drug-likeness (QED) is 0.442. The van der Waals surface area contributed by atoms with Gasteiger partial charge in [-0.25, -0.2) is 13.6 Å². The third-order valence-electron chi connectivity index (χ3n) is 3.16. The molecule has 16 heavy (non-hydrogen) atoms. The predicted molar refractivity (Wildman–Crippen MR) is 68.4 cm³/mol. The summed E-state index contributed by atoms with van der Waals surface area (Å²) in [6.45, 7) is 0.518. The number of hydrogen-bond donors (Lipinski definition) is 1. The minimum Gasteiger partial charge on any atom is -0.330 e. The van der Waals surface area contributed by atoms with E-state index in [4.69, 9.17) is 5.14 Å². The zero-order valence-electron chi connectivity index (χ0n) is 8.80. The zero-order valence-corrected chi connectivity index (χ0v) is 11.8. The molecule has 1 heterocycles. The summed E-state index contributed by atoms with van der Waals surface area (Å²) >= 11 is 2.14. The Kier molecular flexibility index (Phi) is 3.47. The van der Waals surface area contributed by atoms with E-state index < -0.39 is 15.3 Å². The maximum absolute atomic E-state index is 11.9. The maximum Gasteiger partial charge on any atom is 0.226 e. The van der Waals surface area contributed by atoms with Crippen LogP contribution in [0, 0.1) is 5.92 Å². The van der Waals surface area contributed by atoms with Crippen LogP contribution in [0.4, 0.5) is 0 Å². The van der Waals surface area contributed by atoms with Crippen molar-refractivity contribution in [3.63, 3.8) is 0 Å². The van der Waals surface area contributed by atoms with Crippen molar-refractivity contribution < 1.29 is 13.2 Å². The fraction of sp³-hybridized carbons (Fsp3) is 0.889. The molecule has 2 N–H and O–H groups in total. The van der Waals surface area contributed by atoms with Crippen LogP contribution in [0.1, 0.15) is 25.7 Å². The number of likely N-dealkylation sites (tertiary alicyclic amines) is 1. The predicted octanol–water partition coefficient (Wildman–Crippen LogP) is 0.437. The Morgan fingerprint density at radius 2 is 1.94 bits per heavy atom. The molecule has 0 aromatic rings. The third-order valence-corrected chi connectivity index (χ3v) is 5.70. The first-order chi connectivity index (χ1) is 7.39. The van der Waals surface area contributed by atoms with Gasteiger partial charge in [0.15, 0.2) is 0 Å². The van der Waals surface area contributed by atoms with Crippen molar-refractivity contribution in [3.05, 3.63) is 0 Å². The summed E-state index contributed by atoms with van der Waals surface area (Å²) in [6, 6.07) is 0. The summed E-state index contributed by atoms with van der Waals surface area (Å²) in [5.74, 6) is 0.385. The molecule has 92 valence electrons. The number of hydrogen-bond acceptors (Lipinski definition) is 3. The Balaban J connectivity index is 2.00. The first-order valence-corrected chi connectivity index (χ1v) is 8.21. The van der Waals surface area contributed by atoms with Crippen LogP contribution in [0.25, 0.3) is 0 Å². The number of nitrogens with two attached hydrogens (primary N) is 1. The molecule has 1 amide bonds. The van der Waals surface area contributed by atoms with E-state index in [9.17, 15) is 13.2 Å². The van der Waals surface area contributed by atoms with Crippen LogP contribution in [0.3, 0.4) is 0 Å². The first-order valence-electron chi connectivity index (χ1n) is 5.36. The molecule has 7 heteroatoms. The summed E-state index contributed by atoms with van der Waals surface area (Å²) in [6.07, 6.45) is 2.89. The van der Waals surface area contributed by atoms with Crippen molar-refractivity contribution in [2.24, 2.45) is 11.1 Å². The second-order valence-electron chi connectivity index (χ2n) is 4.48. The number of rotatable bonds is 2. The summed E-state index contributed by atoms with van der Waals surface area (Å²) in [4.78, 5) is 13.7. The van der Waals surface area contributed by atoms with Crippen LogP contribution >= 0.6 is 22.6 Å². The van der Waals surface area contributed by atoms with Gasteiger partial charge in [0.25, 0.3) is 0 Å². The van der Waals surface area contributed by atoms with E-state index in [1.165, 1.54) is 0 Å². The second-order valence-corrected chi connectivity index (χ2v) is 7.76. The van der Waals surface area contributed by atoms with Gasteiger partial charge in [0, 0.05) is 12.5 Å². The van der Waals surface area contributed by atoms with Gasteiger partial charge in [0.2, 0.25) is 15.9 Å². The molecule has 0 spiro atoms. The lowest BCUT2D eigenvalue weighted by Crippen LogP contribution is -2.48. The van der Waals surface area contributed by atoms with Crippen molar-refractivity contribution in [2.45, 2.75) is 35.0 Å². The van der Waals surface area contributed by atoms with Crippen LogP contribution in [0.5, 0.6) is 0 Å². The van der Waals surface area contributed by atoms with E-state index in [-0.39, 0.29) is 15.9 Å². The average molecular weight is 358 g/mol. The van der Waals surface area contributed by atoms with Gasteiger partial charge in [-0.1, -0.05) is 22.6 Å². The topological polar surface area (TPSA) is 80.5 Å². The van der Waals surface area contributed by atoms with Gasteiger partial charge in [-0.2, -0.15) is 0 Å². The molecule has 1 aliphatic heterocycles. The largest absolute Gasteiger partial charge is 0.330 e. The number of sulfonamides is 1. The smallest absolute Gasteiger partial charge is 0.226 e. The minimum atomic E-state index is -3.46. The van der Waals surface area contributed by atoms with Crippen molar-refractivity contribution in [2.75, 3.05) is 6.54 Å². The van der Waals surface area contributed by atoms with Crippen LogP contribution in [-0.4, -0.2) is 35.1 Å². The highest BCUT2D eigenvalue weighted by Crippen LogP contribution is 2.35. The number of amides is 1. The Bertz CT molecular complexity index is 394. The SMILES string of the molecule is NS(=O)(=O)C1CCN(C(=O)C2CC2)C(I)C1. The molecule has 1 saturated heterocycles. The van der Waals surface area contributed by atoms with Gasteiger partial charge in [0.1, 0.15) is 0 Å². The lowest BCUT2D eigenvalue weighted by molar-refractivity contribution is -0.133. The van der Waals surface area contributed by atoms with E-state index in [1.54, 1.807) is 4.90 Å². The van der Waals surface area contributed by atoms with Crippen molar-refractivity contribution in [3.8, 4) is 0 Å². The summed E-state index contributed by atoms with van der Waals surface area (Å²) < 4.78 is 22.4. The second kappa shape index (κ2) is 4.41. The molecule has 2 aliphatic rings. The molecule has 0 radical (unpaired) electrons. The lowest BCUT2D eigenvalue weighted by atomic mass is 10.1. The fourth-order valence-corrected chi connectivity index (χ4v) is 4.39. The Morgan fingerprint density at radius 1 is 1.31 bits per heavy atom. The number of carbonyl (C=O) groups excluding carboxylic acids is 1. The van der Waals surface area contributed by atoms with E-state index in [0.717, 1.165) is 12.8 Å². The van der Waals surface area contributed by atoms with E-state index in [0.29, 0.717) is 19.4 Å². The van der Waals surface area contributed by atoms with Gasteiger partial charge in [0.05, 0.1) is 9.30 Å². The molecule has 2 rings (SSSR count). The number of alkyl halides is 1. The molecule has 0 aromatic heterocycles. The van der Waals surface area contributed by atoms with E-state index >= 15 is 0 Å². The highest BCUT2D eigenvalue weighted by Gasteiger charge is 2.40. The van der Waals surface area contributed by atoms with Gasteiger partial charge < -0.3 is 4.90 Å². The molecule has 5 nitrogen and oxygen atoms in total. The van der Waals surface area contributed by atoms with Crippen LogP contribution in [0.2, 0.25) is 0 Å². The van der Waals surface area contributed by atoms with E-state index in [1.807, 2.05) is 0 Å². The summed E-state index contributed by atoms with van der Waals surface area (Å²) in [7, 11) is -3.46. The molecule has 2 atom stereocenters. The molecule has 1 aliphatic carbocycles. The number of carbonyl (C=O) groups is 1. The first kappa shape index (κ1) is 12.6. The number of piperidine rings is 1. The Labute approximate surface area is 109 Å². The average Bonchev–Trinajstić information content (AvgIpc) is 2.98. The Morgan fingerprint density at radius 3 is 2.38 bits per heavy atom. The summed E-state index contributed by atoms with van der Waals surface area (Å²) in [5, 5.41) is 4.64. The molecule has 0 aromatic carbocycles. The van der Waals surface area contributed by atoms with Gasteiger partial charge in [-0.15, -0.1) is 0 Å². The molecule has 0 bridgehead atoms. The standard InChI is InChI=1S/C9H15IN2O3S/c10-8-5-7(16(11,14)15)3-4-12(8)9(13)6-1-2-6/h6-8H,1-5H2,(H2,11,14,15). The fourth-order valence-electron chi connectivity index (χ4n) is 2.00. The van der Waals surface area contributed by atoms with Crippen LogP contribution in [0.15, 0.2) is 0 Å². The maximum atomic E-state index is 11.9. The number of halogens is 1. The highest BCUT2D eigenvalue weighted by atomic mass is 127. The number of primary sulfonamides is 1. The Hall–Kier alpha value is 0.110. The third kappa shape index (κ3) is 2.67. The van der Waals surface area contributed by atoms with Crippen LogP contribution < -0.4 is 5.14 Å². The molecule has 2 unspecified atom stereocenters. The van der Waals surface area contributed by atoms with E-state index in [2.05, 4.69) is 22.6 Å². The molecule has 1 saturated carbocycles. The molecule has 2 fully saturated rings. The molecular weight excluding hydrogens is 343 g/mol. The minimum absolute atomic E-state index is 0.0391. The van der Waals surface area contributed by atoms with Crippen molar-refractivity contribution >= 4 is 38.5 Å². The van der Waals surface area contributed by atoms with Crippen LogP contribution in [-0.2, 0) is 14.8 Å². The normalized spacial score (nSPS) is 31.5. The van der Waals surface area contributed by atoms with Crippen molar-refractivity contribution in [1.82, 2.24) is 4.90 Å². The highest BCUT2D eigenvalue weighted by molar-refractivity contribution is 14.1. The monoisotopic (exact) mass is 358 g/mol. The number of nitrogens with zero attached hydrogens (tertiary/aromatic N) is 1. The lowest BCUT2D eigenvalue weighted by Gasteiger charge is -2.35. The van der Waals surface area contributed by atoms with Gasteiger partial charge in [-0.05, 0) is 25.7 Å². The van der Waals surface area contributed by atoms with Gasteiger partial charge in [-0.3, -0.25) is 4.79 Å². The zero-order chi connectivity index (χ0) is 11.9.